The Bertz CT molecular complexity index is 71.8. The SMILES string of the molecule is [O-][OH+]CC(CO)(CO)CO. The fourth-order valence-corrected chi connectivity index (χ4v) is 0.437. The van der Waals surface area contributed by atoms with Gasteiger partial charge in [0.05, 0.1) is 19.8 Å². The second kappa shape index (κ2) is 4.59. The number of hydrogen-bond donors (Lipinski definition) is 3. The quantitative estimate of drug-likeness (QED) is 0.219. The van der Waals surface area contributed by atoms with Gasteiger partial charge >= 0.3 is 0 Å². The van der Waals surface area contributed by atoms with Crippen molar-refractivity contribution in [3.63, 3.8) is 0 Å². The molecule has 0 aliphatic carbocycles. The van der Waals surface area contributed by atoms with E-state index in [1.54, 1.807) is 0 Å². The van der Waals surface area contributed by atoms with Crippen LogP contribution in [0.4, 0.5) is 0 Å². The lowest BCUT2D eigenvalue weighted by Crippen LogP contribution is -2.41. The molecule has 0 bridgehead atoms. The number of aliphatic hydroxyl groups excluding tert-OH is 3. The van der Waals surface area contributed by atoms with E-state index in [4.69, 9.17) is 15.3 Å². The first-order valence-electron chi connectivity index (χ1n) is 2.86. The van der Waals surface area contributed by atoms with Gasteiger partial charge < -0.3 is 25.5 Å². The highest BCUT2D eigenvalue weighted by atomic mass is 17.1. The molecule has 0 aliphatic heterocycles. The van der Waals surface area contributed by atoms with Crippen molar-refractivity contribution in [2.75, 3.05) is 26.4 Å². The minimum absolute atomic E-state index is 0.267. The Balaban J connectivity index is 3.87. The van der Waals surface area contributed by atoms with Crippen LogP contribution in [0.3, 0.4) is 0 Å². The van der Waals surface area contributed by atoms with Crippen molar-refractivity contribution in [2.24, 2.45) is 5.41 Å². The van der Waals surface area contributed by atoms with E-state index in [0.717, 1.165) is 0 Å². The van der Waals surface area contributed by atoms with Crippen molar-refractivity contribution in [1.29, 1.82) is 0 Å². The van der Waals surface area contributed by atoms with Gasteiger partial charge in [-0.05, 0) is 0 Å². The van der Waals surface area contributed by atoms with Gasteiger partial charge in [0.15, 0.2) is 6.61 Å². The van der Waals surface area contributed by atoms with Gasteiger partial charge in [-0.25, -0.2) is 0 Å². The summed E-state index contributed by atoms with van der Waals surface area (Å²) in [5.74, 6) is 0. The summed E-state index contributed by atoms with van der Waals surface area (Å²) in [7, 11) is 0. The lowest BCUT2D eigenvalue weighted by atomic mass is 9.93. The molecule has 62 valence electrons. The molecule has 5 heteroatoms. The molecule has 0 atom stereocenters. The molecule has 5 nitrogen and oxygen atoms in total. The molecule has 0 saturated heterocycles. The van der Waals surface area contributed by atoms with Gasteiger partial charge in [-0.2, -0.15) is 0 Å². The van der Waals surface area contributed by atoms with Crippen molar-refractivity contribution in [3.8, 4) is 0 Å². The number of hydrogen-bond acceptors (Lipinski definition) is 4. The first-order chi connectivity index (χ1) is 4.74. The molecule has 0 unspecified atom stereocenters. The minimum atomic E-state index is -1.14. The highest BCUT2D eigenvalue weighted by Gasteiger charge is 2.30. The molecule has 0 radical (unpaired) electrons. The van der Waals surface area contributed by atoms with Crippen LogP contribution in [0.2, 0.25) is 0 Å². The third-order valence-electron chi connectivity index (χ3n) is 1.41. The normalized spacial score (nSPS) is 12.0. The van der Waals surface area contributed by atoms with Crippen LogP contribution in [0.15, 0.2) is 0 Å². The van der Waals surface area contributed by atoms with Gasteiger partial charge in [0.25, 0.3) is 0 Å². The summed E-state index contributed by atoms with van der Waals surface area (Å²) < 4.78 is 0. The molecule has 0 rings (SSSR count). The molecule has 0 aromatic carbocycles. The van der Waals surface area contributed by atoms with E-state index in [1.165, 1.54) is 0 Å². The van der Waals surface area contributed by atoms with E-state index in [2.05, 4.69) is 4.89 Å². The summed E-state index contributed by atoms with van der Waals surface area (Å²) in [6, 6.07) is 0. The van der Waals surface area contributed by atoms with E-state index in [0.29, 0.717) is 0 Å². The Labute approximate surface area is 58.4 Å². The van der Waals surface area contributed by atoms with Crippen molar-refractivity contribution in [2.45, 2.75) is 0 Å². The number of aliphatic hydroxyl groups is 4. The third-order valence-corrected chi connectivity index (χ3v) is 1.41. The maximum absolute atomic E-state index is 9.71. The zero-order valence-electron chi connectivity index (χ0n) is 5.53. The summed E-state index contributed by atoms with van der Waals surface area (Å²) in [5.41, 5.74) is -1.14. The standard InChI is InChI=1S/C5H12O5/c6-1-5(2-7,3-8)4-10-9/h6-8,10H,1-4H2. The van der Waals surface area contributed by atoms with E-state index >= 15 is 0 Å². The maximum Gasteiger partial charge on any atom is 0.162 e. The fraction of sp³-hybridized carbons (Fsp3) is 1.00. The summed E-state index contributed by atoms with van der Waals surface area (Å²) >= 11 is 0. The smallest absolute Gasteiger partial charge is 0.162 e. The van der Waals surface area contributed by atoms with Gasteiger partial charge in [0.1, 0.15) is 5.41 Å². The Morgan fingerprint density at radius 2 is 1.50 bits per heavy atom. The van der Waals surface area contributed by atoms with Crippen molar-refractivity contribution in [1.82, 2.24) is 0 Å². The third kappa shape index (κ3) is 2.20. The molecule has 0 aromatic rings. The summed E-state index contributed by atoms with van der Waals surface area (Å²) in [6.07, 6.45) is 0. The highest BCUT2D eigenvalue weighted by molar-refractivity contribution is 4.75. The van der Waals surface area contributed by atoms with Crippen molar-refractivity contribution in [3.05, 3.63) is 0 Å². The largest absolute Gasteiger partial charge is 0.535 e. The van der Waals surface area contributed by atoms with Crippen LogP contribution in [0.5, 0.6) is 0 Å². The lowest BCUT2D eigenvalue weighted by Gasteiger charge is -2.24. The Morgan fingerprint density at radius 3 is 1.60 bits per heavy atom. The molecule has 0 aromatic heterocycles. The van der Waals surface area contributed by atoms with Crippen molar-refractivity contribution < 1.29 is 25.5 Å². The molecule has 0 fully saturated rings. The molecule has 0 amide bonds. The molecule has 10 heavy (non-hydrogen) atoms. The second-order valence-corrected chi connectivity index (χ2v) is 2.26. The van der Waals surface area contributed by atoms with Gasteiger partial charge in [-0.15, -0.1) is 0 Å². The van der Waals surface area contributed by atoms with Crippen LogP contribution < -0.4 is 5.26 Å². The topological polar surface area (TPSA) is 96.6 Å². The first-order valence-corrected chi connectivity index (χ1v) is 2.86. The molecule has 0 saturated carbocycles. The highest BCUT2D eigenvalue weighted by Crippen LogP contribution is 2.12. The zero-order chi connectivity index (χ0) is 8.04. The average Bonchev–Trinajstić information content (AvgIpc) is 2.01. The fourth-order valence-electron chi connectivity index (χ4n) is 0.437. The minimum Gasteiger partial charge on any atom is -0.535 e. The van der Waals surface area contributed by atoms with Crippen molar-refractivity contribution >= 4 is 0 Å². The first kappa shape index (κ1) is 9.80. The monoisotopic (exact) mass is 152 g/mol. The predicted molar refractivity (Wildman–Crippen MR) is 30.8 cm³/mol. The van der Waals surface area contributed by atoms with Crippen LogP contribution in [0, 0.1) is 5.41 Å². The summed E-state index contributed by atoms with van der Waals surface area (Å²) in [5, 5.41) is 35.5. The molecule has 4 N–H and O–H groups in total. The molecule has 0 spiro atoms. The molecular formula is C5H12O5. The lowest BCUT2D eigenvalue weighted by molar-refractivity contribution is -0.781. The summed E-state index contributed by atoms with van der Waals surface area (Å²) in [6.45, 7) is -1.58. The molecular weight excluding hydrogens is 140 g/mol. The Kier molecular flexibility index (Phi) is 4.50. The van der Waals surface area contributed by atoms with E-state index < -0.39 is 25.2 Å². The van der Waals surface area contributed by atoms with Crippen LogP contribution in [-0.4, -0.2) is 46.6 Å². The van der Waals surface area contributed by atoms with Crippen LogP contribution in [0.1, 0.15) is 0 Å². The van der Waals surface area contributed by atoms with Gasteiger partial charge in [-0.3, -0.25) is 0 Å². The Hall–Kier alpha value is -0.200. The average molecular weight is 152 g/mol. The molecule has 0 aliphatic rings. The van der Waals surface area contributed by atoms with Crippen LogP contribution in [0.25, 0.3) is 0 Å². The van der Waals surface area contributed by atoms with Gasteiger partial charge in [0.2, 0.25) is 0 Å². The second-order valence-electron chi connectivity index (χ2n) is 2.26. The summed E-state index contributed by atoms with van der Waals surface area (Å²) in [4.78, 5) is 2.49. The Morgan fingerprint density at radius 1 is 1.10 bits per heavy atom. The van der Waals surface area contributed by atoms with Crippen LogP contribution in [-0.2, 0) is 0 Å². The zero-order valence-corrected chi connectivity index (χ0v) is 5.53. The predicted octanol–water partition coefficient (Wildman–Crippen LogP) is -3.25. The molecule has 0 heterocycles. The van der Waals surface area contributed by atoms with Crippen LogP contribution >= 0.6 is 0 Å². The maximum atomic E-state index is 9.71. The van der Waals surface area contributed by atoms with E-state index in [1.807, 2.05) is 0 Å². The van der Waals surface area contributed by atoms with Gasteiger partial charge in [-0.1, -0.05) is 0 Å². The van der Waals surface area contributed by atoms with Gasteiger partial charge in [0, 0.05) is 0 Å². The number of rotatable bonds is 5. The van der Waals surface area contributed by atoms with E-state index in [9.17, 15) is 5.26 Å². The van der Waals surface area contributed by atoms with E-state index in [-0.39, 0.29) is 6.61 Å².